The van der Waals surface area contributed by atoms with Gasteiger partial charge in [0.2, 0.25) is 10.0 Å². The van der Waals surface area contributed by atoms with Crippen LogP contribution in [0.3, 0.4) is 0 Å². The Morgan fingerprint density at radius 3 is 2.33 bits per heavy atom. The number of sulfonamides is 1. The minimum atomic E-state index is -3.58. The van der Waals surface area contributed by atoms with Crippen molar-refractivity contribution in [1.82, 2.24) is 19.5 Å². The van der Waals surface area contributed by atoms with E-state index in [1.54, 1.807) is 19.1 Å². The van der Waals surface area contributed by atoms with Gasteiger partial charge in [0, 0.05) is 24.2 Å². The van der Waals surface area contributed by atoms with Crippen molar-refractivity contribution in [3.63, 3.8) is 0 Å². The second-order valence-electron chi connectivity index (χ2n) is 6.38. The lowest BCUT2D eigenvalue weighted by molar-refractivity contribution is 0.0730. The van der Waals surface area contributed by atoms with Crippen LogP contribution in [-0.4, -0.2) is 54.2 Å². The van der Waals surface area contributed by atoms with Gasteiger partial charge in [0.25, 0.3) is 0 Å². The van der Waals surface area contributed by atoms with Crippen molar-refractivity contribution in [3.05, 3.63) is 54.1 Å². The lowest BCUT2D eigenvalue weighted by atomic mass is 10.1. The molecule has 2 heterocycles. The Morgan fingerprint density at radius 1 is 0.963 bits per heavy atom. The summed E-state index contributed by atoms with van der Waals surface area (Å²) in [6.07, 6.45) is 0. The van der Waals surface area contributed by atoms with Crippen LogP contribution in [0.15, 0.2) is 53.4 Å². The topological polar surface area (TPSA) is 88.2 Å². The van der Waals surface area contributed by atoms with Crippen LogP contribution < -0.4 is 0 Å². The first kappa shape index (κ1) is 17.8. The predicted molar refractivity (Wildman–Crippen MR) is 102 cm³/mol. The maximum Gasteiger partial charge on any atom is 0.243 e. The summed E-state index contributed by atoms with van der Waals surface area (Å²) in [5, 5.41) is 8.38. The molecule has 4 rings (SSSR count). The van der Waals surface area contributed by atoms with Crippen molar-refractivity contribution in [3.8, 4) is 22.8 Å². The van der Waals surface area contributed by atoms with Gasteiger partial charge in [-0.05, 0) is 18.6 Å². The van der Waals surface area contributed by atoms with E-state index in [1.165, 1.54) is 4.31 Å². The second kappa shape index (κ2) is 7.22. The molecule has 7 nitrogen and oxygen atoms in total. The van der Waals surface area contributed by atoms with Crippen LogP contribution >= 0.6 is 0 Å². The van der Waals surface area contributed by atoms with Crippen LogP contribution in [0.4, 0.5) is 0 Å². The Morgan fingerprint density at radius 2 is 1.63 bits per heavy atom. The Balaban J connectivity index is 1.70. The van der Waals surface area contributed by atoms with E-state index in [1.807, 2.05) is 36.4 Å². The highest BCUT2D eigenvalue weighted by Gasteiger charge is 2.28. The summed E-state index contributed by atoms with van der Waals surface area (Å²) >= 11 is 0. The highest BCUT2D eigenvalue weighted by molar-refractivity contribution is 7.89. The number of nitrogens with zero attached hydrogens (tertiary/aromatic N) is 3. The number of H-pyrrole nitrogens is 1. The van der Waals surface area contributed by atoms with E-state index in [2.05, 4.69) is 15.2 Å². The molecule has 2 aromatic carbocycles. The summed E-state index contributed by atoms with van der Waals surface area (Å²) in [6, 6.07) is 15.0. The molecule has 0 spiro atoms. The van der Waals surface area contributed by atoms with Crippen molar-refractivity contribution in [2.75, 3.05) is 26.3 Å². The number of hydrogen-bond donors (Lipinski definition) is 1. The maximum absolute atomic E-state index is 13.0. The van der Waals surface area contributed by atoms with Crippen LogP contribution in [0.2, 0.25) is 0 Å². The number of rotatable bonds is 4. The molecule has 1 saturated heterocycles. The molecule has 0 aliphatic carbocycles. The van der Waals surface area contributed by atoms with Crippen LogP contribution in [0.5, 0.6) is 0 Å². The molecule has 1 fully saturated rings. The standard InChI is InChI=1S/C19H20N4O3S/c1-14-7-8-16(13-17(14)27(24,25)23-9-11-26-12-10-23)19-20-18(21-22-19)15-5-3-2-4-6-15/h2-8,13H,9-12H2,1H3,(H,20,21,22). The number of aromatic nitrogens is 3. The SMILES string of the molecule is Cc1ccc(-c2nnc(-c3ccccc3)[nH]2)cc1S(=O)(=O)N1CCOCC1. The first-order chi connectivity index (χ1) is 13.1. The summed E-state index contributed by atoms with van der Waals surface area (Å²) in [5.74, 6) is 1.18. The molecule has 0 radical (unpaired) electrons. The highest BCUT2D eigenvalue weighted by atomic mass is 32.2. The van der Waals surface area contributed by atoms with Gasteiger partial charge >= 0.3 is 0 Å². The zero-order valence-electron chi connectivity index (χ0n) is 14.9. The summed E-state index contributed by atoms with van der Waals surface area (Å²) < 4.78 is 32.8. The monoisotopic (exact) mass is 384 g/mol. The van der Waals surface area contributed by atoms with Gasteiger partial charge in [0.1, 0.15) is 0 Å². The third kappa shape index (κ3) is 3.51. The zero-order chi connectivity index (χ0) is 18.9. The molecular weight excluding hydrogens is 364 g/mol. The van der Waals surface area contributed by atoms with E-state index in [0.717, 1.165) is 5.56 Å². The number of aryl methyl sites for hydroxylation is 1. The van der Waals surface area contributed by atoms with Crippen LogP contribution in [-0.2, 0) is 14.8 Å². The fourth-order valence-electron chi connectivity index (χ4n) is 3.07. The highest BCUT2D eigenvalue weighted by Crippen LogP contribution is 2.27. The molecule has 0 bridgehead atoms. The normalized spacial score (nSPS) is 15.7. The number of benzene rings is 2. The van der Waals surface area contributed by atoms with Crippen molar-refractivity contribution in [2.24, 2.45) is 0 Å². The lowest BCUT2D eigenvalue weighted by Crippen LogP contribution is -2.40. The van der Waals surface area contributed by atoms with Crippen molar-refractivity contribution in [1.29, 1.82) is 0 Å². The number of ether oxygens (including phenoxy) is 1. The van der Waals surface area contributed by atoms with Crippen molar-refractivity contribution >= 4 is 10.0 Å². The molecule has 0 unspecified atom stereocenters. The summed E-state index contributed by atoms with van der Waals surface area (Å²) in [7, 11) is -3.58. The molecule has 0 amide bonds. The fourth-order valence-corrected chi connectivity index (χ4v) is 4.73. The van der Waals surface area contributed by atoms with E-state index in [9.17, 15) is 8.42 Å². The van der Waals surface area contributed by atoms with E-state index in [0.29, 0.717) is 54.0 Å². The third-order valence-electron chi connectivity index (χ3n) is 4.58. The molecule has 27 heavy (non-hydrogen) atoms. The van der Waals surface area contributed by atoms with E-state index < -0.39 is 10.0 Å². The Bertz CT molecular complexity index is 1040. The van der Waals surface area contributed by atoms with Gasteiger partial charge in [-0.2, -0.15) is 4.31 Å². The summed E-state index contributed by atoms with van der Waals surface area (Å²) in [6.45, 7) is 3.37. The predicted octanol–water partition coefficient (Wildman–Crippen LogP) is 2.47. The van der Waals surface area contributed by atoms with Gasteiger partial charge in [-0.25, -0.2) is 8.42 Å². The largest absolute Gasteiger partial charge is 0.379 e. The molecule has 3 aromatic rings. The van der Waals surface area contributed by atoms with Crippen molar-refractivity contribution in [2.45, 2.75) is 11.8 Å². The van der Waals surface area contributed by atoms with Gasteiger partial charge < -0.3 is 9.72 Å². The van der Waals surface area contributed by atoms with E-state index in [4.69, 9.17) is 4.74 Å². The van der Waals surface area contributed by atoms with E-state index >= 15 is 0 Å². The minimum absolute atomic E-state index is 0.291. The van der Waals surface area contributed by atoms with Gasteiger partial charge in [-0.15, -0.1) is 10.2 Å². The first-order valence-corrected chi connectivity index (χ1v) is 10.2. The quantitative estimate of drug-likeness (QED) is 0.747. The van der Waals surface area contributed by atoms with Crippen LogP contribution in [0.1, 0.15) is 5.56 Å². The fraction of sp³-hybridized carbons (Fsp3) is 0.263. The Hall–Kier alpha value is -2.55. The molecule has 140 valence electrons. The first-order valence-electron chi connectivity index (χ1n) is 8.73. The molecule has 0 saturated carbocycles. The Kier molecular flexibility index (Phi) is 4.77. The summed E-state index contributed by atoms with van der Waals surface area (Å²) in [4.78, 5) is 3.46. The van der Waals surface area contributed by atoms with Gasteiger partial charge in [0.15, 0.2) is 11.6 Å². The smallest absolute Gasteiger partial charge is 0.243 e. The third-order valence-corrected chi connectivity index (χ3v) is 6.62. The number of morpholine rings is 1. The Labute approximate surface area is 158 Å². The minimum Gasteiger partial charge on any atom is -0.379 e. The maximum atomic E-state index is 13.0. The lowest BCUT2D eigenvalue weighted by Gasteiger charge is -2.26. The molecule has 1 N–H and O–H groups in total. The molecule has 1 aliphatic heterocycles. The van der Waals surface area contributed by atoms with Crippen molar-refractivity contribution < 1.29 is 13.2 Å². The number of aromatic amines is 1. The zero-order valence-corrected chi connectivity index (χ0v) is 15.7. The van der Waals surface area contributed by atoms with Gasteiger partial charge in [-0.1, -0.05) is 42.5 Å². The van der Waals surface area contributed by atoms with Crippen LogP contribution in [0, 0.1) is 6.92 Å². The average Bonchev–Trinajstić information content (AvgIpc) is 3.20. The molecule has 8 heteroatoms. The second-order valence-corrected chi connectivity index (χ2v) is 8.29. The van der Waals surface area contributed by atoms with Gasteiger partial charge in [-0.3, -0.25) is 0 Å². The number of nitrogens with one attached hydrogen (secondary N) is 1. The summed E-state index contributed by atoms with van der Waals surface area (Å²) in [5.41, 5.74) is 2.31. The van der Waals surface area contributed by atoms with E-state index in [-0.39, 0.29) is 0 Å². The molecular formula is C19H20N4O3S. The molecule has 1 aromatic heterocycles. The average molecular weight is 384 g/mol. The molecule has 1 aliphatic rings. The van der Waals surface area contributed by atoms with Gasteiger partial charge in [0.05, 0.1) is 18.1 Å². The molecule has 0 atom stereocenters. The van der Waals surface area contributed by atoms with Crippen LogP contribution in [0.25, 0.3) is 22.8 Å². The number of hydrogen-bond acceptors (Lipinski definition) is 5.